The van der Waals surface area contributed by atoms with E-state index >= 15 is 0 Å². The van der Waals surface area contributed by atoms with Crippen LogP contribution >= 0.6 is 0 Å². The minimum atomic E-state index is -5.36. The Labute approximate surface area is 186 Å². The van der Waals surface area contributed by atoms with Gasteiger partial charge in [0.1, 0.15) is 11.5 Å². The van der Waals surface area contributed by atoms with Crippen molar-refractivity contribution in [3.63, 3.8) is 0 Å². The van der Waals surface area contributed by atoms with Crippen LogP contribution in [0.3, 0.4) is 0 Å². The van der Waals surface area contributed by atoms with Gasteiger partial charge in [0.25, 0.3) is 0 Å². The zero-order valence-electron chi connectivity index (χ0n) is 16.6. The fraction of sp³-hybridized carbons (Fsp3) is 0.158. The van der Waals surface area contributed by atoms with E-state index in [0.717, 1.165) is 30.3 Å². The predicted molar refractivity (Wildman–Crippen MR) is 102 cm³/mol. The van der Waals surface area contributed by atoms with Crippen LogP contribution in [-0.4, -0.2) is 31.4 Å². The number of benzene rings is 2. The zero-order chi connectivity index (χ0) is 25.5. The molecule has 34 heavy (non-hydrogen) atoms. The van der Waals surface area contributed by atoms with E-state index in [4.69, 9.17) is 5.26 Å². The first kappa shape index (κ1) is 24.8. The van der Waals surface area contributed by atoms with Crippen LogP contribution in [0.5, 0.6) is 0 Å². The Hall–Kier alpha value is -3.80. The number of aromatic nitrogens is 3. The molecule has 0 aliphatic rings. The average Bonchev–Trinajstić information content (AvgIpc) is 3.18. The van der Waals surface area contributed by atoms with E-state index in [-0.39, 0.29) is 10.2 Å². The van der Waals surface area contributed by atoms with Crippen LogP contribution in [-0.2, 0) is 22.1 Å². The van der Waals surface area contributed by atoms with Gasteiger partial charge in [0, 0.05) is 6.26 Å². The molecule has 0 spiro atoms. The third kappa shape index (κ3) is 4.76. The lowest BCUT2D eigenvalue weighted by molar-refractivity contribution is -0.143. The molecule has 1 amide bonds. The van der Waals surface area contributed by atoms with Gasteiger partial charge in [0.15, 0.2) is 11.4 Å². The molecule has 0 aliphatic heterocycles. The van der Waals surface area contributed by atoms with Crippen LogP contribution in [0.4, 0.5) is 30.7 Å². The summed E-state index contributed by atoms with van der Waals surface area (Å²) in [5.74, 6) is -3.18. The van der Waals surface area contributed by atoms with Crippen molar-refractivity contribution in [2.75, 3.05) is 6.26 Å². The highest BCUT2D eigenvalue weighted by molar-refractivity contribution is 7.93. The van der Waals surface area contributed by atoms with Crippen molar-refractivity contribution in [1.29, 1.82) is 5.26 Å². The summed E-state index contributed by atoms with van der Waals surface area (Å²) in [6.07, 6.45) is -9.70. The minimum Gasteiger partial charge on any atom is -0.264 e. The summed E-state index contributed by atoms with van der Waals surface area (Å²) >= 11 is 0. The molecule has 15 heteroatoms. The Morgan fingerprint density at radius 2 is 1.74 bits per heavy atom. The highest BCUT2D eigenvalue weighted by atomic mass is 32.2. The average molecular weight is 505 g/mol. The lowest BCUT2D eigenvalue weighted by atomic mass is 10.2. The Morgan fingerprint density at radius 1 is 1.09 bits per heavy atom. The summed E-state index contributed by atoms with van der Waals surface area (Å²) in [5, 5.41) is 15.0. The number of carbonyl (C=O) groups is 1. The molecule has 178 valence electrons. The second-order valence-electron chi connectivity index (χ2n) is 6.67. The van der Waals surface area contributed by atoms with Crippen LogP contribution in [0.2, 0.25) is 0 Å². The molecule has 1 aromatic heterocycles. The van der Waals surface area contributed by atoms with Crippen molar-refractivity contribution in [2.24, 2.45) is 4.36 Å². The van der Waals surface area contributed by atoms with Gasteiger partial charge >= 0.3 is 18.3 Å². The van der Waals surface area contributed by atoms with Gasteiger partial charge in [0.2, 0.25) is 0 Å². The largest absolute Gasteiger partial charge is 0.435 e. The van der Waals surface area contributed by atoms with E-state index in [1.54, 1.807) is 6.07 Å². The molecule has 0 saturated carbocycles. The summed E-state index contributed by atoms with van der Waals surface area (Å²) in [5.41, 5.74) is -5.83. The monoisotopic (exact) mass is 505 g/mol. The van der Waals surface area contributed by atoms with Gasteiger partial charge in [-0.05, 0) is 30.3 Å². The van der Waals surface area contributed by atoms with Gasteiger partial charge in [-0.15, -0.1) is 5.10 Å². The Balaban J connectivity index is 2.19. The van der Waals surface area contributed by atoms with Crippen LogP contribution in [0.1, 0.15) is 27.3 Å². The fourth-order valence-corrected chi connectivity index (χ4v) is 4.30. The first-order valence-electron chi connectivity index (χ1n) is 8.82. The molecule has 0 N–H and O–H groups in total. The van der Waals surface area contributed by atoms with Gasteiger partial charge in [0.05, 0.1) is 31.8 Å². The number of hydrogen-bond donors (Lipinski definition) is 0. The normalized spacial score (nSPS) is 13.7. The van der Waals surface area contributed by atoms with Gasteiger partial charge < -0.3 is 0 Å². The number of nitriles is 1. The molecule has 7 nitrogen and oxygen atoms in total. The second kappa shape index (κ2) is 8.52. The smallest absolute Gasteiger partial charge is 0.264 e. The molecule has 0 fully saturated rings. The van der Waals surface area contributed by atoms with Crippen molar-refractivity contribution in [3.05, 3.63) is 70.8 Å². The molecule has 2 aromatic carbocycles. The van der Waals surface area contributed by atoms with Crippen LogP contribution < -0.4 is 0 Å². The summed E-state index contributed by atoms with van der Waals surface area (Å²) in [6, 6.07) is 7.39. The maximum atomic E-state index is 14.3. The number of hydrogen-bond acceptors (Lipinski definition) is 5. The maximum absolute atomic E-state index is 14.3. The molecule has 0 bridgehead atoms. The first-order valence-corrected chi connectivity index (χ1v) is 10.7. The number of nitrogens with zero attached hydrogens (tertiary/aromatic N) is 5. The van der Waals surface area contributed by atoms with Crippen molar-refractivity contribution in [2.45, 2.75) is 17.2 Å². The van der Waals surface area contributed by atoms with Gasteiger partial charge in [-0.25, -0.2) is 13.3 Å². The van der Waals surface area contributed by atoms with E-state index in [0.29, 0.717) is 18.4 Å². The van der Waals surface area contributed by atoms with E-state index < -0.39 is 61.3 Å². The summed E-state index contributed by atoms with van der Waals surface area (Å²) in [4.78, 5) is 11.6. The highest BCUT2D eigenvalue weighted by Gasteiger charge is 2.43. The molecular weight excluding hydrogens is 495 g/mol. The lowest BCUT2D eigenvalue weighted by Gasteiger charge is -2.13. The van der Waals surface area contributed by atoms with E-state index in [1.165, 1.54) is 0 Å². The first-order chi connectivity index (χ1) is 15.7. The number of alkyl halides is 6. The summed E-state index contributed by atoms with van der Waals surface area (Å²) in [6.45, 7) is 0. The van der Waals surface area contributed by atoms with Gasteiger partial charge in [-0.3, -0.25) is 4.79 Å². The molecular formula is C19H10F7N5O2S. The molecule has 0 saturated heterocycles. The third-order valence-corrected chi connectivity index (χ3v) is 5.99. The molecule has 0 aliphatic carbocycles. The van der Waals surface area contributed by atoms with Crippen molar-refractivity contribution < 1.29 is 39.7 Å². The summed E-state index contributed by atoms with van der Waals surface area (Å²) < 4.78 is 111. The topological polar surface area (TPSA) is 101 Å². The molecule has 1 atom stereocenters. The standard InChI is InChI=1S/C19H10F7N5O2S/c1-34(33,14-5-3-2-4-11(14)18(21,22)23)29-17(32)15-16(19(24,25)26)31(30-28-15)13-7-6-10(9-27)8-12(13)20/h2-8H,1H3. The Morgan fingerprint density at radius 3 is 2.29 bits per heavy atom. The van der Waals surface area contributed by atoms with Crippen molar-refractivity contribution in [1.82, 2.24) is 15.0 Å². The number of amides is 1. The van der Waals surface area contributed by atoms with E-state index in [2.05, 4.69) is 14.7 Å². The van der Waals surface area contributed by atoms with Crippen LogP contribution in [0.25, 0.3) is 5.69 Å². The SMILES string of the molecule is CS(=O)(=NC(=O)c1nnn(-c2ccc(C#N)cc2F)c1C(F)(F)F)c1ccccc1C(F)(F)F. The minimum absolute atomic E-state index is 0.0691. The molecule has 3 aromatic rings. The molecule has 1 heterocycles. The Kier molecular flexibility index (Phi) is 6.22. The number of rotatable bonds is 3. The molecule has 0 radical (unpaired) electrons. The molecule has 3 rings (SSSR count). The zero-order valence-corrected chi connectivity index (χ0v) is 17.5. The third-order valence-electron chi connectivity index (χ3n) is 4.30. The number of carbonyl (C=O) groups excluding carboxylic acids is 1. The van der Waals surface area contributed by atoms with Gasteiger partial charge in [-0.2, -0.15) is 36.0 Å². The number of halogens is 7. The molecule has 1 unspecified atom stereocenters. The fourth-order valence-electron chi connectivity index (χ4n) is 2.88. The second-order valence-corrected chi connectivity index (χ2v) is 8.89. The van der Waals surface area contributed by atoms with E-state index in [1.807, 2.05) is 0 Å². The van der Waals surface area contributed by atoms with Crippen LogP contribution in [0, 0.1) is 17.1 Å². The quantitative estimate of drug-likeness (QED) is 0.484. The van der Waals surface area contributed by atoms with E-state index in [9.17, 15) is 39.7 Å². The van der Waals surface area contributed by atoms with Gasteiger partial charge in [-0.1, -0.05) is 17.3 Å². The summed E-state index contributed by atoms with van der Waals surface area (Å²) in [7, 11) is -4.21. The predicted octanol–water partition coefficient (Wildman–Crippen LogP) is 4.61. The van der Waals surface area contributed by atoms with Crippen molar-refractivity contribution in [3.8, 4) is 11.8 Å². The van der Waals surface area contributed by atoms with Crippen LogP contribution in [0.15, 0.2) is 51.7 Å². The highest BCUT2D eigenvalue weighted by Crippen LogP contribution is 2.36. The lowest BCUT2D eigenvalue weighted by Crippen LogP contribution is -2.19. The van der Waals surface area contributed by atoms with Crippen molar-refractivity contribution >= 4 is 15.6 Å². The maximum Gasteiger partial charge on any atom is 0.435 e. The Bertz CT molecular complexity index is 1440.